The first-order chi connectivity index (χ1) is 6.57. The summed E-state index contributed by atoms with van der Waals surface area (Å²) in [5.74, 6) is -0.317. The van der Waals surface area contributed by atoms with E-state index in [0.29, 0.717) is 22.9 Å². The molecule has 0 radical (unpaired) electrons. The Morgan fingerprint density at radius 3 is 2.64 bits per heavy atom. The Labute approximate surface area is 91.1 Å². The van der Waals surface area contributed by atoms with Crippen LogP contribution in [-0.4, -0.2) is 5.11 Å². The lowest BCUT2D eigenvalue weighted by Gasteiger charge is -2.12. The largest absolute Gasteiger partial charge is 0.385 e. The number of hydrogen-bond acceptors (Lipinski definition) is 1. The highest BCUT2D eigenvalue weighted by Crippen LogP contribution is 2.47. The molecule has 0 heterocycles. The van der Waals surface area contributed by atoms with Crippen molar-refractivity contribution in [3.05, 3.63) is 33.5 Å². The molecule has 0 aliphatic heterocycles. The van der Waals surface area contributed by atoms with Crippen LogP contribution in [0.3, 0.4) is 0 Å². The summed E-state index contributed by atoms with van der Waals surface area (Å²) in [6.45, 7) is 2.01. The molecule has 1 aromatic carbocycles. The van der Waals surface area contributed by atoms with Gasteiger partial charge in [-0.05, 0) is 52.9 Å². The molecule has 14 heavy (non-hydrogen) atoms. The van der Waals surface area contributed by atoms with Gasteiger partial charge in [-0.3, -0.25) is 0 Å². The Balaban J connectivity index is 2.52. The standard InChI is InChI=1S/C11H12BrFO/c1-2-7-5-8(11(14)3-4-11)10(13)9(12)6-7/h5-6,14H,2-4H2,1H3. The van der Waals surface area contributed by atoms with Crippen LogP contribution < -0.4 is 0 Å². The van der Waals surface area contributed by atoms with Crippen LogP contribution in [0.25, 0.3) is 0 Å². The maximum absolute atomic E-state index is 13.6. The minimum atomic E-state index is -0.891. The zero-order valence-corrected chi connectivity index (χ0v) is 9.57. The summed E-state index contributed by atoms with van der Waals surface area (Å²) in [5.41, 5.74) is 0.606. The zero-order valence-electron chi connectivity index (χ0n) is 7.98. The normalized spacial score (nSPS) is 18.3. The molecule has 0 saturated heterocycles. The van der Waals surface area contributed by atoms with E-state index in [-0.39, 0.29) is 5.82 Å². The molecule has 2 rings (SSSR count). The van der Waals surface area contributed by atoms with Crippen molar-refractivity contribution in [3.63, 3.8) is 0 Å². The van der Waals surface area contributed by atoms with Crippen LogP contribution in [0, 0.1) is 5.82 Å². The molecule has 1 N–H and O–H groups in total. The highest BCUT2D eigenvalue weighted by Gasteiger charge is 2.44. The van der Waals surface area contributed by atoms with Gasteiger partial charge in [0.15, 0.2) is 0 Å². The van der Waals surface area contributed by atoms with Crippen LogP contribution >= 0.6 is 15.9 Å². The third-order valence-corrected chi connectivity index (χ3v) is 3.30. The molecule has 1 nitrogen and oxygen atoms in total. The summed E-state index contributed by atoms with van der Waals surface area (Å²) in [5, 5.41) is 9.86. The Morgan fingerprint density at radius 1 is 1.50 bits per heavy atom. The van der Waals surface area contributed by atoms with Gasteiger partial charge in [0.25, 0.3) is 0 Å². The molecule has 3 heteroatoms. The monoisotopic (exact) mass is 258 g/mol. The molecular formula is C11H12BrFO. The molecule has 1 aliphatic rings. The first-order valence-corrected chi connectivity index (χ1v) is 5.57. The van der Waals surface area contributed by atoms with E-state index in [2.05, 4.69) is 15.9 Å². The van der Waals surface area contributed by atoms with E-state index < -0.39 is 5.60 Å². The number of aliphatic hydroxyl groups is 1. The number of benzene rings is 1. The number of aryl methyl sites for hydroxylation is 1. The highest BCUT2D eigenvalue weighted by molar-refractivity contribution is 9.10. The smallest absolute Gasteiger partial charge is 0.143 e. The highest BCUT2D eigenvalue weighted by atomic mass is 79.9. The van der Waals surface area contributed by atoms with Gasteiger partial charge in [0.1, 0.15) is 5.82 Å². The molecule has 0 unspecified atom stereocenters. The first kappa shape index (κ1) is 10.1. The van der Waals surface area contributed by atoms with Crippen molar-refractivity contribution >= 4 is 15.9 Å². The molecule has 76 valence electrons. The van der Waals surface area contributed by atoms with Crippen LogP contribution in [0.4, 0.5) is 4.39 Å². The van der Waals surface area contributed by atoms with Gasteiger partial charge >= 0.3 is 0 Å². The fourth-order valence-electron chi connectivity index (χ4n) is 1.58. The summed E-state index contributed by atoms with van der Waals surface area (Å²) < 4.78 is 14.1. The predicted molar refractivity (Wildman–Crippen MR) is 56.6 cm³/mol. The quantitative estimate of drug-likeness (QED) is 0.865. The zero-order chi connectivity index (χ0) is 10.3. The summed E-state index contributed by atoms with van der Waals surface area (Å²) >= 11 is 3.17. The van der Waals surface area contributed by atoms with Gasteiger partial charge < -0.3 is 5.11 Å². The van der Waals surface area contributed by atoms with Crippen LogP contribution in [0.2, 0.25) is 0 Å². The summed E-state index contributed by atoms with van der Waals surface area (Å²) in [7, 11) is 0. The van der Waals surface area contributed by atoms with Crippen molar-refractivity contribution in [3.8, 4) is 0 Å². The maximum atomic E-state index is 13.6. The second-order valence-corrected chi connectivity index (χ2v) is 4.68. The van der Waals surface area contributed by atoms with Gasteiger partial charge in [-0.15, -0.1) is 0 Å². The van der Waals surface area contributed by atoms with Gasteiger partial charge in [-0.1, -0.05) is 6.92 Å². The Bertz CT molecular complexity index is 372. The number of hydrogen-bond donors (Lipinski definition) is 1. The van der Waals surface area contributed by atoms with Gasteiger partial charge in [-0.2, -0.15) is 0 Å². The maximum Gasteiger partial charge on any atom is 0.143 e. The first-order valence-electron chi connectivity index (χ1n) is 4.77. The van der Waals surface area contributed by atoms with E-state index in [1.54, 1.807) is 12.1 Å². The topological polar surface area (TPSA) is 20.2 Å². The van der Waals surface area contributed by atoms with Crippen molar-refractivity contribution in [2.45, 2.75) is 31.8 Å². The predicted octanol–water partition coefficient (Wildman–Crippen LogP) is 3.13. The molecule has 1 aromatic rings. The van der Waals surface area contributed by atoms with Crippen LogP contribution in [0.5, 0.6) is 0 Å². The van der Waals surface area contributed by atoms with Gasteiger partial charge in [0.2, 0.25) is 0 Å². The summed E-state index contributed by atoms with van der Waals surface area (Å²) in [4.78, 5) is 0. The minimum Gasteiger partial charge on any atom is -0.385 e. The lowest BCUT2D eigenvalue weighted by Crippen LogP contribution is -2.08. The van der Waals surface area contributed by atoms with Crippen LogP contribution in [0.15, 0.2) is 16.6 Å². The van der Waals surface area contributed by atoms with Crippen molar-refractivity contribution in [1.82, 2.24) is 0 Å². The van der Waals surface area contributed by atoms with E-state index in [0.717, 1.165) is 12.0 Å². The van der Waals surface area contributed by atoms with E-state index in [1.807, 2.05) is 6.92 Å². The van der Waals surface area contributed by atoms with Gasteiger partial charge in [0, 0.05) is 5.56 Å². The number of rotatable bonds is 2. The Hall–Kier alpha value is -0.410. The van der Waals surface area contributed by atoms with Crippen molar-refractivity contribution in [2.75, 3.05) is 0 Å². The number of halogens is 2. The average Bonchev–Trinajstić information content (AvgIpc) is 2.89. The fourth-order valence-corrected chi connectivity index (χ4v) is 2.08. The Morgan fingerprint density at radius 2 is 2.14 bits per heavy atom. The lowest BCUT2D eigenvalue weighted by molar-refractivity contribution is 0.146. The molecule has 0 aromatic heterocycles. The second kappa shape index (κ2) is 3.31. The van der Waals surface area contributed by atoms with Gasteiger partial charge in [-0.25, -0.2) is 4.39 Å². The molecule has 0 spiro atoms. The molecule has 0 bridgehead atoms. The fraction of sp³-hybridized carbons (Fsp3) is 0.455. The molecule has 0 atom stereocenters. The minimum absolute atomic E-state index is 0.317. The SMILES string of the molecule is CCc1cc(Br)c(F)c(C2(O)CC2)c1. The third kappa shape index (κ3) is 1.59. The molecule has 1 aliphatic carbocycles. The van der Waals surface area contributed by atoms with Crippen LogP contribution in [-0.2, 0) is 12.0 Å². The second-order valence-electron chi connectivity index (χ2n) is 3.82. The van der Waals surface area contributed by atoms with Crippen molar-refractivity contribution in [2.24, 2.45) is 0 Å². The third-order valence-electron chi connectivity index (χ3n) is 2.72. The van der Waals surface area contributed by atoms with Crippen LogP contribution in [0.1, 0.15) is 30.9 Å². The lowest BCUT2D eigenvalue weighted by atomic mass is 10.0. The van der Waals surface area contributed by atoms with E-state index >= 15 is 0 Å². The summed E-state index contributed by atoms with van der Waals surface area (Å²) in [6.07, 6.45) is 2.19. The van der Waals surface area contributed by atoms with Gasteiger partial charge in [0.05, 0.1) is 10.1 Å². The molecule has 1 fully saturated rings. The van der Waals surface area contributed by atoms with Crippen molar-refractivity contribution in [1.29, 1.82) is 0 Å². The Kier molecular flexibility index (Phi) is 2.40. The average molecular weight is 259 g/mol. The summed E-state index contributed by atoms with van der Waals surface area (Å²) in [6, 6.07) is 3.54. The molecule has 0 amide bonds. The van der Waals surface area contributed by atoms with E-state index in [9.17, 15) is 9.50 Å². The molecule has 1 saturated carbocycles. The van der Waals surface area contributed by atoms with E-state index in [4.69, 9.17) is 0 Å². The van der Waals surface area contributed by atoms with Crippen molar-refractivity contribution < 1.29 is 9.50 Å². The van der Waals surface area contributed by atoms with E-state index in [1.165, 1.54) is 0 Å². The molecular weight excluding hydrogens is 247 g/mol.